The Morgan fingerprint density at radius 2 is 2.08 bits per heavy atom. The van der Waals surface area contributed by atoms with Crippen LogP contribution in [0.15, 0.2) is 18.2 Å². The van der Waals surface area contributed by atoms with E-state index in [2.05, 4.69) is 44.3 Å². The zero-order valence-corrected chi connectivity index (χ0v) is 8.59. The van der Waals surface area contributed by atoms with E-state index in [1.165, 1.54) is 16.8 Å². The van der Waals surface area contributed by atoms with Crippen molar-refractivity contribution in [1.82, 2.24) is 0 Å². The lowest BCUT2D eigenvalue weighted by molar-refractivity contribution is 0.690. The van der Waals surface area contributed by atoms with Gasteiger partial charge in [-0.25, -0.2) is 0 Å². The second-order valence-electron chi connectivity index (χ2n) is 3.96. The van der Waals surface area contributed by atoms with Crippen LogP contribution in [0, 0.1) is 0 Å². The van der Waals surface area contributed by atoms with E-state index in [0.717, 1.165) is 6.42 Å². The average molecular weight is 175 g/mol. The molecule has 2 atom stereocenters. The number of hydrogen-bond acceptors (Lipinski definition) is 1. The van der Waals surface area contributed by atoms with Crippen LogP contribution in [0.1, 0.15) is 37.8 Å². The second kappa shape index (κ2) is 3.06. The molecule has 2 unspecified atom stereocenters. The minimum absolute atomic E-state index is 0.586. The van der Waals surface area contributed by atoms with Gasteiger partial charge in [-0.1, -0.05) is 32.0 Å². The standard InChI is InChI=1S/C12H17N/c1-4-10-6-5-7-11-8(2)9(3)13-12(10)11/h5-9,13H,4H2,1-3H3. The quantitative estimate of drug-likeness (QED) is 0.691. The first kappa shape index (κ1) is 8.61. The molecule has 1 N–H and O–H groups in total. The molecule has 0 spiro atoms. The van der Waals surface area contributed by atoms with Gasteiger partial charge < -0.3 is 5.32 Å². The summed E-state index contributed by atoms with van der Waals surface area (Å²) in [5.41, 5.74) is 4.34. The van der Waals surface area contributed by atoms with Gasteiger partial charge in [-0.15, -0.1) is 0 Å². The highest BCUT2D eigenvalue weighted by atomic mass is 15.0. The number of rotatable bonds is 1. The molecule has 1 aromatic rings. The third-order valence-electron chi connectivity index (χ3n) is 3.18. The molecule has 0 aliphatic carbocycles. The molecular weight excluding hydrogens is 158 g/mol. The lowest BCUT2D eigenvalue weighted by Gasteiger charge is -2.08. The van der Waals surface area contributed by atoms with Gasteiger partial charge in [-0.05, 0) is 24.5 Å². The van der Waals surface area contributed by atoms with Crippen molar-refractivity contribution < 1.29 is 0 Å². The van der Waals surface area contributed by atoms with Gasteiger partial charge in [0.05, 0.1) is 0 Å². The van der Waals surface area contributed by atoms with Crippen molar-refractivity contribution in [1.29, 1.82) is 0 Å². The molecule has 1 aliphatic heterocycles. The summed E-state index contributed by atoms with van der Waals surface area (Å²) in [6, 6.07) is 7.22. The van der Waals surface area contributed by atoms with E-state index in [9.17, 15) is 0 Å². The predicted octanol–water partition coefficient (Wildman–Crippen LogP) is 3.17. The first-order chi connectivity index (χ1) is 6.24. The molecule has 0 bridgehead atoms. The Balaban J connectivity index is 2.49. The zero-order chi connectivity index (χ0) is 9.42. The van der Waals surface area contributed by atoms with Crippen LogP contribution in [-0.2, 0) is 6.42 Å². The van der Waals surface area contributed by atoms with Crippen LogP contribution < -0.4 is 5.32 Å². The topological polar surface area (TPSA) is 12.0 Å². The Morgan fingerprint density at radius 3 is 2.77 bits per heavy atom. The lowest BCUT2D eigenvalue weighted by atomic mass is 9.96. The van der Waals surface area contributed by atoms with Crippen molar-refractivity contribution in [3.63, 3.8) is 0 Å². The fourth-order valence-electron chi connectivity index (χ4n) is 2.09. The second-order valence-corrected chi connectivity index (χ2v) is 3.96. The molecule has 1 aromatic carbocycles. The Kier molecular flexibility index (Phi) is 2.03. The molecule has 2 rings (SSSR count). The highest BCUT2D eigenvalue weighted by Gasteiger charge is 2.25. The molecule has 0 radical (unpaired) electrons. The number of anilines is 1. The smallest absolute Gasteiger partial charge is 0.0410 e. The lowest BCUT2D eigenvalue weighted by Crippen LogP contribution is -2.13. The van der Waals surface area contributed by atoms with Gasteiger partial charge in [-0.3, -0.25) is 0 Å². The number of aryl methyl sites for hydroxylation is 1. The van der Waals surface area contributed by atoms with Crippen LogP contribution in [-0.4, -0.2) is 6.04 Å². The third kappa shape index (κ3) is 1.23. The summed E-state index contributed by atoms with van der Waals surface area (Å²) >= 11 is 0. The number of fused-ring (bicyclic) bond motifs is 1. The number of para-hydroxylation sites is 1. The zero-order valence-electron chi connectivity index (χ0n) is 8.59. The van der Waals surface area contributed by atoms with Gasteiger partial charge in [0.25, 0.3) is 0 Å². The number of nitrogens with one attached hydrogen (secondary N) is 1. The Morgan fingerprint density at radius 1 is 1.31 bits per heavy atom. The van der Waals surface area contributed by atoms with E-state index in [-0.39, 0.29) is 0 Å². The monoisotopic (exact) mass is 175 g/mol. The molecule has 13 heavy (non-hydrogen) atoms. The highest BCUT2D eigenvalue weighted by molar-refractivity contribution is 5.64. The maximum absolute atomic E-state index is 3.57. The Labute approximate surface area is 80.2 Å². The van der Waals surface area contributed by atoms with E-state index in [4.69, 9.17) is 0 Å². The predicted molar refractivity (Wildman–Crippen MR) is 57.3 cm³/mol. The van der Waals surface area contributed by atoms with Crippen LogP contribution in [0.2, 0.25) is 0 Å². The molecule has 1 heteroatoms. The van der Waals surface area contributed by atoms with Gasteiger partial charge in [-0.2, -0.15) is 0 Å². The van der Waals surface area contributed by atoms with Crippen molar-refractivity contribution in [2.75, 3.05) is 5.32 Å². The first-order valence-electron chi connectivity index (χ1n) is 5.12. The van der Waals surface area contributed by atoms with Crippen LogP contribution in [0.5, 0.6) is 0 Å². The summed E-state index contributed by atoms with van der Waals surface area (Å²) in [5, 5.41) is 3.57. The van der Waals surface area contributed by atoms with Crippen molar-refractivity contribution in [3.05, 3.63) is 29.3 Å². The summed E-state index contributed by atoms with van der Waals surface area (Å²) in [4.78, 5) is 0. The van der Waals surface area contributed by atoms with Gasteiger partial charge in [0.2, 0.25) is 0 Å². The van der Waals surface area contributed by atoms with E-state index < -0.39 is 0 Å². The largest absolute Gasteiger partial charge is 0.382 e. The average Bonchev–Trinajstić information content (AvgIpc) is 2.43. The van der Waals surface area contributed by atoms with Crippen LogP contribution in [0.25, 0.3) is 0 Å². The van der Waals surface area contributed by atoms with Gasteiger partial charge in [0, 0.05) is 17.6 Å². The Hall–Kier alpha value is -0.980. The highest BCUT2D eigenvalue weighted by Crippen LogP contribution is 2.37. The van der Waals surface area contributed by atoms with Crippen LogP contribution in [0.3, 0.4) is 0 Å². The first-order valence-corrected chi connectivity index (χ1v) is 5.12. The molecule has 0 fully saturated rings. The summed E-state index contributed by atoms with van der Waals surface area (Å²) in [6.45, 7) is 6.76. The van der Waals surface area contributed by atoms with Crippen molar-refractivity contribution in [2.45, 2.75) is 39.2 Å². The molecular formula is C12H17N. The van der Waals surface area contributed by atoms with Crippen molar-refractivity contribution in [3.8, 4) is 0 Å². The van der Waals surface area contributed by atoms with E-state index in [1.54, 1.807) is 0 Å². The van der Waals surface area contributed by atoms with Crippen LogP contribution >= 0.6 is 0 Å². The minimum Gasteiger partial charge on any atom is -0.382 e. The Bertz CT molecular complexity index is 317. The third-order valence-corrected chi connectivity index (χ3v) is 3.18. The summed E-state index contributed by atoms with van der Waals surface area (Å²) < 4.78 is 0. The van der Waals surface area contributed by atoms with E-state index in [1.807, 2.05) is 0 Å². The van der Waals surface area contributed by atoms with Gasteiger partial charge in [0.1, 0.15) is 0 Å². The fraction of sp³-hybridized carbons (Fsp3) is 0.500. The molecule has 0 saturated heterocycles. The van der Waals surface area contributed by atoms with E-state index in [0.29, 0.717) is 12.0 Å². The maximum Gasteiger partial charge on any atom is 0.0410 e. The van der Waals surface area contributed by atoms with Gasteiger partial charge in [0.15, 0.2) is 0 Å². The summed E-state index contributed by atoms with van der Waals surface area (Å²) in [7, 11) is 0. The molecule has 0 saturated carbocycles. The molecule has 1 nitrogen and oxygen atoms in total. The van der Waals surface area contributed by atoms with Gasteiger partial charge >= 0.3 is 0 Å². The summed E-state index contributed by atoms with van der Waals surface area (Å²) in [6.07, 6.45) is 1.12. The molecule has 1 heterocycles. The number of benzene rings is 1. The molecule has 70 valence electrons. The summed E-state index contributed by atoms with van der Waals surface area (Å²) in [5.74, 6) is 0.654. The van der Waals surface area contributed by atoms with E-state index >= 15 is 0 Å². The molecule has 0 amide bonds. The normalized spacial score (nSPS) is 25.5. The minimum atomic E-state index is 0.586. The molecule has 1 aliphatic rings. The fourth-order valence-corrected chi connectivity index (χ4v) is 2.09. The van der Waals surface area contributed by atoms with Crippen molar-refractivity contribution >= 4 is 5.69 Å². The van der Waals surface area contributed by atoms with Crippen molar-refractivity contribution in [2.24, 2.45) is 0 Å². The van der Waals surface area contributed by atoms with Crippen LogP contribution in [0.4, 0.5) is 5.69 Å². The molecule has 0 aromatic heterocycles. The SMILES string of the molecule is CCc1cccc2c1NC(C)C2C. The maximum atomic E-state index is 3.57. The number of hydrogen-bond donors (Lipinski definition) is 1.